The molecule has 2 aromatic carbocycles. The van der Waals surface area contributed by atoms with Crippen LogP contribution in [-0.2, 0) is 16.0 Å². The third kappa shape index (κ3) is 6.12. The Bertz CT molecular complexity index is 866. The number of hydrogen-bond acceptors (Lipinski definition) is 5. The zero-order valence-electron chi connectivity index (χ0n) is 16.3. The number of halogens is 1. The highest BCUT2D eigenvalue weighted by atomic mass is 35.5. The number of carbonyl (C=O) groups is 2. The van der Waals surface area contributed by atoms with Crippen molar-refractivity contribution in [1.82, 2.24) is 5.32 Å². The van der Waals surface area contributed by atoms with Crippen molar-refractivity contribution in [2.75, 3.05) is 26.4 Å². The lowest BCUT2D eigenvalue weighted by Crippen LogP contribution is -2.28. The Morgan fingerprint density at radius 3 is 2.69 bits per heavy atom. The van der Waals surface area contributed by atoms with E-state index >= 15 is 0 Å². The minimum Gasteiger partial charge on any atom is -0.489 e. The van der Waals surface area contributed by atoms with Crippen LogP contribution < -0.4 is 14.8 Å². The van der Waals surface area contributed by atoms with Gasteiger partial charge in [0.25, 0.3) is 0 Å². The third-order valence-electron chi connectivity index (χ3n) is 4.46. The van der Waals surface area contributed by atoms with Crippen molar-refractivity contribution in [1.29, 1.82) is 0 Å². The van der Waals surface area contributed by atoms with Gasteiger partial charge in [-0.3, -0.25) is 4.79 Å². The standard InChI is InChI=1S/C22H24ClNO5/c1-15-3-5-16(6-4-15)7-8-20(25)24-9-12-29-22(26)17-13-18(23)21-19(14-17)27-10-2-11-28-21/h3-6,13-14H,2,7-12H2,1H3,(H,24,25). The molecule has 0 atom stereocenters. The summed E-state index contributed by atoms with van der Waals surface area (Å²) >= 11 is 6.19. The van der Waals surface area contributed by atoms with Crippen LogP contribution in [0.3, 0.4) is 0 Å². The average molecular weight is 418 g/mol. The van der Waals surface area contributed by atoms with Gasteiger partial charge in [0.05, 0.1) is 30.3 Å². The maximum atomic E-state index is 12.3. The topological polar surface area (TPSA) is 73.9 Å². The van der Waals surface area contributed by atoms with Gasteiger partial charge in [0.15, 0.2) is 11.5 Å². The molecule has 0 bridgehead atoms. The molecular formula is C22H24ClNO5. The molecule has 0 spiro atoms. The molecule has 1 N–H and O–H groups in total. The molecule has 1 amide bonds. The SMILES string of the molecule is Cc1ccc(CCC(=O)NCCOC(=O)c2cc(Cl)c3c(c2)OCCCO3)cc1. The van der Waals surface area contributed by atoms with Gasteiger partial charge in [0.2, 0.25) is 5.91 Å². The number of fused-ring (bicyclic) bond motifs is 1. The average Bonchev–Trinajstić information content (AvgIpc) is 2.96. The van der Waals surface area contributed by atoms with E-state index < -0.39 is 5.97 Å². The van der Waals surface area contributed by atoms with Crippen LogP contribution in [0.4, 0.5) is 0 Å². The molecule has 0 saturated carbocycles. The van der Waals surface area contributed by atoms with Crippen molar-refractivity contribution in [3.63, 3.8) is 0 Å². The van der Waals surface area contributed by atoms with Gasteiger partial charge < -0.3 is 19.5 Å². The van der Waals surface area contributed by atoms with Crippen molar-refractivity contribution in [2.24, 2.45) is 0 Å². The first-order valence-electron chi connectivity index (χ1n) is 9.61. The third-order valence-corrected chi connectivity index (χ3v) is 4.74. The van der Waals surface area contributed by atoms with Gasteiger partial charge in [-0.05, 0) is 31.0 Å². The monoisotopic (exact) mass is 417 g/mol. The molecule has 0 unspecified atom stereocenters. The van der Waals surface area contributed by atoms with Crippen LogP contribution in [0.25, 0.3) is 0 Å². The van der Waals surface area contributed by atoms with E-state index in [1.54, 1.807) is 6.07 Å². The number of rotatable bonds is 7. The van der Waals surface area contributed by atoms with Crippen LogP contribution in [-0.4, -0.2) is 38.2 Å². The minimum absolute atomic E-state index is 0.0706. The molecule has 1 aliphatic heterocycles. The lowest BCUT2D eigenvalue weighted by Gasteiger charge is -2.11. The molecule has 154 valence electrons. The van der Waals surface area contributed by atoms with Gasteiger partial charge in [-0.2, -0.15) is 0 Å². The summed E-state index contributed by atoms with van der Waals surface area (Å²) in [5.41, 5.74) is 2.59. The number of amides is 1. The maximum absolute atomic E-state index is 12.3. The van der Waals surface area contributed by atoms with Crippen LogP contribution in [0.5, 0.6) is 11.5 Å². The van der Waals surface area contributed by atoms with Crippen molar-refractivity contribution in [3.8, 4) is 11.5 Å². The Morgan fingerprint density at radius 2 is 1.90 bits per heavy atom. The smallest absolute Gasteiger partial charge is 0.338 e. The van der Waals surface area contributed by atoms with Crippen molar-refractivity contribution in [2.45, 2.75) is 26.2 Å². The summed E-state index contributed by atoms with van der Waals surface area (Å²) < 4.78 is 16.3. The second-order valence-electron chi connectivity index (χ2n) is 6.81. The Kier molecular flexibility index (Phi) is 7.36. The van der Waals surface area contributed by atoms with E-state index in [9.17, 15) is 9.59 Å². The lowest BCUT2D eigenvalue weighted by atomic mass is 10.1. The first kappa shape index (κ1) is 21.0. The summed E-state index contributed by atoms with van der Waals surface area (Å²) in [5, 5.41) is 3.06. The molecule has 2 aromatic rings. The molecule has 0 radical (unpaired) electrons. The Morgan fingerprint density at radius 1 is 1.14 bits per heavy atom. The van der Waals surface area contributed by atoms with Crippen LogP contribution in [0.2, 0.25) is 5.02 Å². The maximum Gasteiger partial charge on any atom is 0.338 e. The van der Waals surface area contributed by atoms with Gasteiger partial charge in [-0.25, -0.2) is 4.79 Å². The number of nitrogens with one attached hydrogen (secondary N) is 1. The lowest BCUT2D eigenvalue weighted by molar-refractivity contribution is -0.121. The zero-order valence-corrected chi connectivity index (χ0v) is 17.1. The Hall–Kier alpha value is -2.73. The quantitative estimate of drug-likeness (QED) is 0.549. The molecular weight excluding hydrogens is 394 g/mol. The predicted molar refractivity (Wildman–Crippen MR) is 110 cm³/mol. The highest BCUT2D eigenvalue weighted by Gasteiger charge is 2.19. The summed E-state index contributed by atoms with van der Waals surface area (Å²) in [6, 6.07) is 11.2. The first-order valence-corrected chi connectivity index (χ1v) is 9.99. The molecule has 1 heterocycles. The first-order chi connectivity index (χ1) is 14.0. The van der Waals surface area contributed by atoms with Crippen LogP contribution in [0.15, 0.2) is 36.4 Å². The predicted octanol–water partition coefficient (Wildman–Crippen LogP) is 3.72. The van der Waals surface area contributed by atoms with Gasteiger partial charge in [0.1, 0.15) is 6.61 Å². The number of esters is 1. The molecule has 0 aromatic heterocycles. The van der Waals surface area contributed by atoms with Gasteiger partial charge >= 0.3 is 5.97 Å². The van der Waals surface area contributed by atoms with E-state index in [1.807, 2.05) is 31.2 Å². The summed E-state index contributed by atoms with van der Waals surface area (Å²) in [4.78, 5) is 24.2. The second kappa shape index (κ2) is 10.2. The molecule has 7 heteroatoms. The number of hydrogen-bond donors (Lipinski definition) is 1. The molecule has 1 aliphatic rings. The van der Waals surface area contributed by atoms with E-state index in [2.05, 4.69) is 5.32 Å². The van der Waals surface area contributed by atoms with Crippen molar-refractivity contribution in [3.05, 3.63) is 58.1 Å². The fourth-order valence-electron chi connectivity index (χ4n) is 2.87. The van der Waals surface area contributed by atoms with Gasteiger partial charge in [-0.15, -0.1) is 0 Å². The molecule has 3 rings (SSSR count). The number of carbonyl (C=O) groups excluding carboxylic acids is 2. The Balaban J connectivity index is 1.41. The van der Waals surface area contributed by atoms with Crippen LogP contribution in [0, 0.1) is 6.92 Å². The van der Waals surface area contributed by atoms with E-state index in [4.69, 9.17) is 25.8 Å². The molecule has 0 aliphatic carbocycles. The van der Waals surface area contributed by atoms with E-state index in [-0.39, 0.29) is 24.6 Å². The van der Waals surface area contributed by atoms with Crippen molar-refractivity contribution >= 4 is 23.5 Å². The fraction of sp³-hybridized carbons (Fsp3) is 0.364. The molecule has 6 nitrogen and oxygen atoms in total. The summed E-state index contributed by atoms with van der Waals surface area (Å²) in [6.07, 6.45) is 1.80. The zero-order chi connectivity index (χ0) is 20.6. The van der Waals surface area contributed by atoms with Gasteiger partial charge in [-0.1, -0.05) is 41.4 Å². The van der Waals surface area contributed by atoms with Crippen molar-refractivity contribution < 1.29 is 23.8 Å². The minimum atomic E-state index is -0.531. The van der Waals surface area contributed by atoms with Crippen LogP contribution >= 0.6 is 11.6 Å². The summed E-state index contributed by atoms with van der Waals surface area (Å²) in [5.74, 6) is 0.268. The molecule has 0 saturated heterocycles. The fourth-order valence-corrected chi connectivity index (χ4v) is 3.13. The van der Waals surface area contributed by atoms with E-state index in [0.29, 0.717) is 42.6 Å². The molecule has 0 fully saturated rings. The second-order valence-corrected chi connectivity index (χ2v) is 7.21. The molecule has 29 heavy (non-hydrogen) atoms. The highest BCUT2D eigenvalue weighted by Crippen LogP contribution is 2.38. The largest absolute Gasteiger partial charge is 0.489 e. The number of benzene rings is 2. The van der Waals surface area contributed by atoms with Gasteiger partial charge in [0, 0.05) is 12.8 Å². The number of aryl methyl sites for hydroxylation is 2. The number of ether oxygens (including phenoxy) is 3. The summed E-state index contributed by atoms with van der Waals surface area (Å²) in [6.45, 7) is 3.35. The highest BCUT2D eigenvalue weighted by molar-refractivity contribution is 6.32. The van der Waals surface area contributed by atoms with E-state index in [1.165, 1.54) is 11.6 Å². The Labute approximate surface area is 175 Å². The van der Waals surface area contributed by atoms with E-state index in [0.717, 1.165) is 12.0 Å². The normalized spacial score (nSPS) is 12.8. The summed E-state index contributed by atoms with van der Waals surface area (Å²) in [7, 11) is 0. The van der Waals surface area contributed by atoms with Crippen LogP contribution in [0.1, 0.15) is 34.3 Å².